The maximum absolute atomic E-state index is 11.6. The van der Waals surface area contributed by atoms with E-state index in [9.17, 15) is 4.79 Å². The molecule has 0 saturated carbocycles. The van der Waals surface area contributed by atoms with Gasteiger partial charge in [0.25, 0.3) is 0 Å². The van der Waals surface area contributed by atoms with Crippen molar-refractivity contribution in [3.8, 4) is 0 Å². The Bertz CT molecular complexity index is 425. The first-order valence-corrected chi connectivity index (χ1v) is 7.04. The average molecular weight is 278 g/mol. The van der Waals surface area contributed by atoms with Crippen LogP contribution in [0.4, 0.5) is 5.69 Å². The molecule has 0 atom stereocenters. The number of benzene rings is 1. The van der Waals surface area contributed by atoms with Gasteiger partial charge in [-0.3, -0.25) is 4.79 Å². The third-order valence-electron chi connectivity index (χ3n) is 3.03. The predicted octanol–water partition coefficient (Wildman–Crippen LogP) is 2.55. The minimum absolute atomic E-state index is 0.0442. The number of carbonyl (C=O) groups excluding carboxylic acids is 1. The van der Waals surface area contributed by atoms with Crippen LogP contribution in [0.25, 0.3) is 0 Å². The molecular weight excluding hydrogens is 252 g/mol. The van der Waals surface area contributed by atoms with Gasteiger partial charge in [0.2, 0.25) is 5.91 Å². The zero-order valence-corrected chi connectivity index (χ0v) is 13.0. The molecule has 0 aliphatic heterocycles. The molecule has 0 spiro atoms. The van der Waals surface area contributed by atoms with Crippen molar-refractivity contribution in [3.05, 3.63) is 29.8 Å². The van der Waals surface area contributed by atoms with Gasteiger partial charge in [-0.1, -0.05) is 39.0 Å². The second kappa shape index (κ2) is 7.90. The van der Waals surface area contributed by atoms with Crippen LogP contribution in [-0.4, -0.2) is 32.7 Å². The van der Waals surface area contributed by atoms with Gasteiger partial charge in [0.15, 0.2) is 0 Å². The molecule has 0 aliphatic carbocycles. The molecule has 0 aromatic heterocycles. The standard InChI is InChI=1S/C16H26N2O2/c1-16(2,3)13-7-5-6-8-14(13)17-10-9-15(19)18-11-12-20-4/h5-8,17H,9-12H2,1-4H3,(H,18,19). The van der Waals surface area contributed by atoms with E-state index in [1.807, 2.05) is 12.1 Å². The predicted molar refractivity (Wildman–Crippen MR) is 83.1 cm³/mol. The fourth-order valence-electron chi connectivity index (χ4n) is 1.98. The van der Waals surface area contributed by atoms with Gasteiger partial charge in [0, 0.05) is 32.3 Å². The topological polar surface area (TPSA) is 50.4 Å². The van der Waals surface area contributed by atoms with Gasteiger partial charge in [-0.25, -0.2) is 0 Å². The lowest BCUT2D eigenvalue weighted by molar-refractivity contribution is -0.121. The highest BCUT2D eigenvalue weighted by Crippen LogP contribution is 2.28. The van der Waals surface area contributed by atoms with E-state index in [0.29, 0.717) is 26.1 Å². The molecule has 1 aromatic carbocycles. The third-order valence-corrected chi connectivity index (χ3v) is 3.03. The van der Waals surface area contributed by atoms with Gasteiger partial charge in [0.05, 0.1) is 6.61 Å². The molecule has 1 amide bonds. The highest BCUT2D eigenvalue weighted by molar-refractivity contribution is 5.76. The van der Waals surface area contributed by atoms with E-state index in [1.165, 1.54) is 5.56 Å². The van der Waals surface area contributed by atoms with Crippen molar-refractivity contribution in [2.24, 2.45) is 0 Å². The number of rotatable bonds is 7. The van der Waals surface area contributed by atoms with Gasteiger partial charge >= 0.3 is 0 Å². The van der Waals surface area contributed by atoms with Crippen molar-refractivity contribution in [3.63, 3.8) is 0 Å². The zero-order valence-electron chi connectivity index (χ0n) is 13.0. The van der Waals surface area contributed by atoms with Crippen LogP contribution < -0.4 is 10.6 Å². The number of hydrogen-bond donors (Lipinski definition) is 2. The van der Waals surface area contributed by atoms with Gasteiger partial charge < -0.3 is 15.4 Å². The molecule has 0 unspecified atom stereocenters. The van der Waals surface area contributed by atoms with Crippen LogP contribution in [-0.2, 0) is 14.9 Å². The van der Waals surface area contributed by atoms with Crippen molar-refractivity contribution in [2.45, 2.75) is 32.6 Å². The largest absolute Gasteiger partial charge is 0.384 e. The quantitative estimate of drug-likeness (QED) is 0.754. The van der Waals surface area contributed by atoms with E-state index >= 15 is 0 Å². The lowest BCUT2D eigenvalue weighted by atomic mass is 9.86. The van der Waals surface area contributed by atoms with Crippen LogP contribution in [0.5, 0.6) is 0 Å². The highest BCUT2D eigenvalue weighted by atomic mass is 16.5. The van der Waals surface area contributed by atoms with Crippen molar-refractivity contribution in [1.82, 2.24) is 5.32 Å². The number of anilines is 1. The van der Waals surface area contributed by atoms with Crippen LogP contribution in [0.3, 0.4) is 0 Å². The fraction of sp³-hybridized carbons (Fsp3) is 0.562. The van der Waals surface area contributed by atoms with Gasteiger partial charge in [0.1, 0.15) is 0 Å². The van der Waals surface area contributed by atoms with Crippen LogP contribution >= 0.6 is 0 Å². The number of para-hydroxylation sites is 1. The molecule has 0 saturated heterocycles. The number of amides is 1. The molecule has 2 N–H and O–H groups in total. The van der Waals surface area contributed by atoms with Crippen molar-refractivity contribution < 1.29 is 9.53 Å². The average Bonchev–Trinajstić information content (AvgIpc) is 2.38. The summed E-state index contributed by atoms with van der Waals surface area (Å²) in [5, 5.41) is 6.16. The summed E-state index contributed by atoms with van der Waals surface area (Å²) in [7, 11) is 1.62. The Hall–Kier alpha value is -1.55. The monoisotopic (exact) mass is 278 g/mol. The van der Waals surface area contributed by atoms with E-state index in [1.54, 1.807) is 7.11 Å². The first-order chi connectivity index (χ1) is 9.45. The normalized spacial score (nSPS) is 11.2. The summed E-state index contributed by atoms with van der Waals surface area (Å²) in [6, 6.07) is 8.24. The van der Waals surface area contributed by atoms with Gasteiger partial charge in [-0.15, -0.1) is 0 Å². The number of carbonyl (C=O) groups is 1. The van der Waals surface area contributed by atoms with E-state index < -0.39 is 0 Å². The maximum atomic E-state index is 11.6. The lowest BCUT2D eigenvalue weighted by Gasteiger charge is -2.23. The molecule has 0 radical (unpaired) electrons. The van der Waals surface area contributed by atoms with E-state index in [2.05, 4.69) is 43.5 Å². The van der Waals surface area contributed by atoms with Crippen LogP contribution in [0, 0.1) is 0 Å². The van der Waals surface area contributed by atoms with Crippen LogP contribution in [0.15, 0.2) is 24.3 Å². The minimum Gasteiger partial charge on any atom is -0.384 e. The Morgan fingerprint density at radius 2 is 1.90 bits per heavy atom. The van der Waals surface area contributed by atoms with E-state index in [4.69, 9.17) is 4.74 Å². The molecule has 1 aromatic rings. The Balaban J connectivity index is 2.45. The van der Waals surface area contributed by atoms with Crippen LogP contribution in [0.2, 0.25) is 0 Å². The maximum Gasteiger partial charge on any atom is 0.221 e. The molecule has 0 bridgehead atoms. The first-order valence-electron chi connectivity index (χ1n) is 7.04. The minimum atomic E-state index is 0.0442. The number of methoxy groups -OCH3 is 1. The van der Waals surface area contributed by atoms with Crippen molar-refractivity contribution in [1.29, 1.82) is 0 Å². The third kappa shape index (κ3) is 5.61. The number of hydrogen-bond acceptors (Lipinski definition) is 3. The smallest absolute Gasteiger partial charge is 0.221 e. The summed E-state index contributed by atoms with van der Waals surface area (Å²) in [6.07, 6.45) is 0.461. The highest BCUT2D eigenvalue weighted by Gasteiger charge is 2.17. The van der Waals surface area contributed by atoms with E-state index in [-0.39, 0.29) is 11.3 Å². The second-order valence-electron chi connectivity index (χ2n) is 5.82. The van der Waals surface area contributed by atoms with E-state index in [0.717, 1.165) is 5.69 Å². The summed E-state index contributed by atoms with van der Waals surface area (Å²) < 4.78 is 4.89. The summed E-state index contributed by atoms with van der Waals surface area (Å²) in [5.74, 6) is 0.0442. The molecule has 4 nitrogen and oxygen atoms in total. The van der Waals surface area contributed by atoms with Crippen LogP contribution in [0.1, 0.15) is 32.8 Å². The zero-order chi connectivity index (χ0) is 15.0. The number of ether oxygens (including phenoxy) is 1. The Kier molecular flexibility index (Phi) is 6.52. The van der Waals surface area contributed by atoms with Crippen molar-refractivity contribution in [2.75, 3.05) is 32.1 Å². The van der Waals surface area contributed by atoms with Gasteiger partial charge in [-0.05, 0) is 17.0 Å². The van der Waals surface area contributed by atoms with Gasteiger partial charge in [-0.2, -0.15) is 0 Å². The lowest BCUT2D eigenvalue weighted by Crippen LogP contribution is -2.28. The molecule has 1 rings (SSSR count). The number of nitrogens with one attached hydrogen (secondary N) is 2. The SMILES string of the molecule is COCCNC(=O)CCNc1ccccc1C(C)(C)C. The van der Waals surface area contributed by atoms with Crippen molar-refractivity contribution >= 4 is 11.6 Å². The Labute approximate surface area is 121 Å². The fourth-order valence-corrected chi connectivity index (χ4v) is 1.98. The molecule has 0 heterocycles. The molecule has 0 aliphatic rings. The molecule has 112 valence electrons. The summed E-state index contributed by atoms with van der Waals surface area (Å²) >= 11 is 0. The molecule has 0 fully saturated rings. The summed E-state index contributed by atoms with van der Waals surface area (Å²) in [6.45, 7) is 8.30. The summed E-state index contributed by atoms with van der Waals surface area (Å²) in [5.41, 5.74) is 2.45. The molecule has 20 heavy (non-hydrogen) atoms. The Morgan fingerprint density at radius 3 is 2.55 bits per heavy atom. The first kappa shape index (κ1) is 16.5. The summed E-state index contributed by atoms with van der Waals surface area (Å²) in [4.78, 5) is 11.6. The molecular formula is C16H26N2O2. The second-order valence-corrected chi connectivity index (χ2v) is 5.82. The molecule has 4 heteroatoms. The Morgan fingerprint density at radius 1 is 1.20 bits per heavy atom.